The van der Waals surface area contributed by atoms with E-state index < -0.39 is 0 Å². The molecule has 3 aliphatic rings. The summed E-state index contributed by atoms with van der Waals surface area (Å²) in [7, 11) is 0. The molecule has 1 aromatic carbocycles. The molecular weight excluding hydrogens is 422 g/mol. The second-order valence-electron chi connectivity index (χ2n) is 8.43. The van der Waals surface area contributed by atoms with Crippen LogP contribution < -0.4 is 0 Å². The Morgan fingerprint density at radius 2 is 2.06 bits per heavy atom. The molecule has 0 amide bonds. The number of hydrogen-bond acceptors (Lipinski definition) is 6. The molecule has 0 saturated carbocycles. The fourth-order valence-electron chi connectivity index (χ4n) is 4.98. The van der Waals surface area contributed by atoms with E-state index >= 15 is 0 Å². The maximum absolute atomic E-state index is 5.25. The standard InChI is InChI=1S/C24H25N5S2/c1-2-3-12-18-16-10-7-11-17(16)19-20-21(31-23(19)26-18)22-27-28-24(29(22)14-25-20)30-13-15-8-5-4-6-9-15/h4-6,8-9,14,19,23H,2-3,7,10-13H2,1H3/t19-,23+/m0/s1. The average molecular weight is 448 g/mol. The Bertz CT molecular complexity index is 1200. The summed E-state index contributed by atoms with van der Waals surface area (Å²) in [4.78, 5) is 11.4. The molecule has 158 valence electrons. The molecule has 0 fully saturated rings. The molecular formula is C24H25N5S2. The van der Waals surface area contributed by atoms with Crippen molar-refractivity contribution < 1.29 is 0 Å². The summed E-state index contributed by atoms with van der Waals surface area (Å²) in [6.07, 6.45) is 9.12. The molecule has 5 nitrogen and oxygen atoms in total. The van der Waals surface area contributed by atoms with E-state index in [4.69, 9.17) is 9.98 Å². The fourth-order valence-corrected chi connectivity index (χ4v) is 7.23. The van der Waals surface area contributed by atoms with Gasteiger partial charge in [0, 0.05) is 11.5 Å². The number of nitrogens with zero attached hydrogens (tertiary/aromatic N) is 5. The summed E-state index contributed by atoms with van der Waals surface area (Å²) in [6.45, 7) is 2.26. The summed E-state index contributed by atoms with van der Waals surface area (Å²) < 4.78 is 2.06. The first-order valence-corrected chi connectivity index (χ1v) is 13.1. The van der Waals surface area contributed by atoms with E-state index in [9.17, 15) is 0 Å². The maximum atomic E-state index is 5.25. The number of aliphatic imine (C=N–C) groups is 1. The van der Waals surface area contributed by atoms with Crippen molar-refractivity contribution in [2.45, 2.75) is 72.5 Å². The molecule has 7 heteroatoms. The summed E-state index contributed by atoms with van der Waals surface area (Å²) >= 11 is 3.56. The topological polar surface area (TPSA) is 55.4 Å². The van der Waals surface area contributed by atoms with Crippen molar-refractivity contribution in [1.82, 2.24) is 19.6 Å². The molecule has 1 aliphatic carbocycles. The van der Waals surface area contributed by atoms with Crippen LogP contribution in [-0.2, 0) is 5.75 Å². The van der Waals surface area contributed by atoms with E-state index in [-0.39, 0.29) is 5.37 Å². The minimum atomic E-state index is 0.217. The van der Waals surface area contributed by atoms with E-state index in [1.54, 1.807) is 22.9 Å². The minimum absolute atomic E-state index is 0.217. The van der Waals surface area contributed by atoms with Gasteiger partial charge in [-0.1, -0.05) is 72.8 Å². The first-order chi connectivity index (χ1) is 15.3. The van der Waals surface area contributed by atoms with Crippen LogP contribution in [0.1, 0.15) is 62.6 Å². The van der Waals surface area contributed by atoms with Crippen molar-refractivity contribution in [3.05, 3.63) is 59.1 Å². The first-order valence-electron chi connectivity index (χ1n) is 11.2. The number of allylic oxidation sites excluding steroid dienone is 1. The normalized spacial score (nSPS) is 21.9. The van der Waals surface area contributed by atoms with E-state index in [0.29, 0.717) is 5.92 Å². The number of benzene rings is 1. The van der Waals surface area contributed by atoms with Gasteiger partial charge in [-0.2, -0.15) is 0 Å². The van der Waals surface area contributed by atoms with Gasteiger partial charge >= 0.3 is 0 Å². The van der Waals surface area contributed by atoms with Crippen LogP contribution in [-0.4, -0.2) is 30.7 Å². The lowest BCUT2D eigenvalue weighted by Gasteiger charge is -2.26. The van der Waals surface area contributed by atoms with E-state index in [2.05, 4.69) is 45.8 Å². The fraction of sp³-hybridized carbons (Fsp3) is 0.417. The minimum Gasteiger partial charge on any atom is -0.274 e. The van der Waals surface area contributed by atoms with E-state index in [1.807, 2.05) is 24.2 Å². The highest BCUT2D eigenvalue weighted by molar-refractivity contribution is 8.00. The van der Waals surface area contributed by atoms with Gasteiger partial charge in [-0.25, -0.2) is 4.98 Å². The van der Waals surface area contributed by atoms with E-state index in [1.165, 1.54) is 54.0 Å². The maximum Gasteiger partial charge on any atom is 0.197 e. The van der Waals surface area contributed by atoms with Crippen LogP contribution in [0.5, 0.6) is 0 Å². The van der Waals surface area contributed by atoms with Crippen LogP contribution in [0.15, 0.2) is 62.8 Å². The molecule has 2 aliphatic heterocycles. The number of rotatable bonds is 6. The van der Waals surface area contributed by atoms with Crippen molar-refractivity contribution >= 4 is 34.9 Å². The summed E-state index contributed by atoms with van der Waals surface area (Å²) in [5, 5.41) is 10.2. The molecule has 0 spiro atoms. The van der Waals surface area contributed by atoms with Crippen LogP contribution >= 0.6 is 23.5 Å². The van der Waals surface area contributed by atoms with Gasteiger partial charge in [-0.15, -0.1) is 10.2 Å². The Kier molecular flexibility index (Phi) is 5.11. The zero-order valence-electron chi connectivity index (χ0n) is 17.6. The van der Waals surface area contributed by atoms with Gasteiger partial charge in [-0.05, 0) is 43.2 Å². The molecule has 0 bridgehead atoms. The second-order valence-corrected chi connectivity index (χ2v) is 10.5. The largest absolute Gasteiger partial charge is 0.274 e. The van der Waals surface area contributed by atoms with Crippen molar-refractivity contribution in [2.24, 2.45) is 4.99 Å². The highest BCUT2D eigenvalue weighted by Gasteiger charge is 2.44. The lowest BCUT2D eigenvalue weighted by Crippen LogP contribution is -2.21. The molecule has 4 heterocycles. The molecule has 6 rings (SSSR count). The Hall–Kier alpha value is -2.12. The lowest BCUT2D eigenvalue weighted by molar-refractivity contribution is 0.692. The summed E-state index contributed by atoms with van der Waals surface area (Å²) in [5.74, 6) is 1.20. The Morgan fingerprint density at radius 1 is 1.16 bits per heavy atom. The highest BCUT2D eigenvalue weighted by Crippen LogP contribution is 2.55. The van der Waals surface area contributed by atoms with Crippen molar-refractivity contribution in [2.75, 3.05) is 0 Å². The van der Waals surface area contributed by atoms with Gasteiger partial charge in [0.05, 0.1) is 16.5 Å². The zero-order valence-corrected chi connectivity index (χ0v) is 19.3. The molecule has 3 aromatic rings. The monoisotopic (exact) mass is 447 g/mol. The molecule has 2 atom stereocenters. The number of thioether (sulfide) groups is 2. The molecule has 0 radical (unpaired) electrons. The van der Waals surface area contributed by atoms with Crippen LogP contribution in [0.2, 0.25) is 0 Å². The SMILES string of the molecule is CCCCC1=N[C@@H]2Sc3c(ncn4c(SCc5ccccc5)nnc34)[C@@H]2C2=C1CCC2. The van der Waals surface area contributed by atoms with Gasteiger partial charge in [0.25, 0.3) is 0 Å². The number of hydrogen-bond donors (Lipinski definition) is 0. The molecule has 31 heavy (non-hydrogen) atoms. The Labute approximate surface area is 190 Å². The van der Waals surface area contributed by atoms with Crippen LogP contribution in [0.4, 0.5) is 0 Å². The van der Waals surface area contributed by atoms with E-state index in [0.717, 1.165) is 23.0 Å². The predicted octanol–water partition coefficient (Wildman–Crippen LogP) is 6.06. The van der Waals surface area contributed by atoms with Crippen molar-refractivity contribution in [3.63, 3.8) is 0 Å². The van der Waals surface area contributed by atoms with Crippen LogP contribution in [0.25, 0.3) is 5.65 Å². The van der Waals surface area contributed by atoms with Gasteiger partial charge in [0.2, 0.25) is 0 Å². The van der Waals surface area contributed by atoms with Crippen LogP contribution in [0, 0.1) is 0 Å². The van der Waals surface area contributed by atoms with Crippen molar-refractivity contribution in [3.8, 4) is 0 Å². The highest BCUT2D eigenvalue weighted by atomic mass is 32.2. The number of unbranched alkanes of at least 4 members (excludes halogenated alkanes) is 1. The molecule has 0 saturated heterocycles. The smallest absolute Gasteiger partial charge is 0.197 e. The van der Waals surface area contributed by atoms with Gasteiger partial charge in [-0.3, -0.25) is 9.39 Å². The van der Waals surface area contributed by atoms with Gasteiger partial charge < -0.3 is 0 Å². The van der Waals surface area contributed by atoms with Gasteiger partial charge in [0.15, 0.2) is 10.8 Å². The number of fused-ring (bicyclic) bond motifs is 6. The Morgan fingerprint density at radius 3 is 2.94 bits per heavy atom. The van der Waals surface area contributed by atoms with Gasteiger partial charge in [0.1, 0.15) is 11.7 Å². The number of dihydropyridines is 1. The quantitative estimate of drug-likeness (QED) is 0.430. The molecule has 0 unspecified atom stereocenters. The first kappa shape index (κ1) is 19.6. The third kappa shape index (κ3) is 3.33. The summed E-state index contributed by atoms with van der Waals surface area (Å²) in [6, 6.07) is 10.5. The third-order valence-electron chi connectivity index (χ3n) is 6.48. The summed E-state index contributed by atoms with van der Waals surface area (Å²) in [5.41, 5.74) is 7.91. The van der Waals surface area contributed by atoms with Crippen molar-refractivity contribution in [1.29, 1.82) is 0 Å². The Balaban J connectivity index is 1.33. The average Bonchev–Trinajstić information content (AvgIpc) is 3.52. The third-order valence-corrected chi connectivity index (χ3v) is 8.74. The number of aromatic nitrogens is 4. The molecule has 2 aromatic heterocycles. The predicted molar refractivity (Wildman–Crippen MR) is 127 cm³/mol. The van der Waals surface area contributed by atoms with Crippen LogP contribution in [0.3, 0.4) is 0 Å². The molecule has 0 N–H and O–H groups in total. The second kappa shape index (κ2) is 8.10. The zero-order chi connectivity index (χ0) is 20.8. The lowest BCUT2D eigenvalue weighted by atomic mass is 9.87.